The van der Waals surface area contributed by atoms with Crippen LogP contribution in [-0.2, 0) is 6.42 Å². The molecule has 2 fully saturated rings. The quantitative estimate of drug-likeness (QED) is 0.518. The van der Waals surface area contributed by atoms with E-state index in [2.05, 4.69) is 46.1 Å². The number of aromatic amines is 1. The highest BCUT2D eigenvalue weighted by molar-refractivity contribution is 5.67. The molecule has 31 heavy (non-hydrogen) atoms. The summed E-state index contributed by atoms with van der Waals surface area (Å²) in [4.78, 5) is 8.12. The summed E-state index contributed by atoms with van der Waals surface area (Å²) in [6.45, 7) is 7.18. The number of nitrogens with one attached hydrogen (secondary N) is 4. The molecule has 3 aliphatic rings. The van der Waals surface area contributed by atoms with Gasteiger partial charge in [-0.15, -0.1) is 0 Å². The van der Waals surface area contributed by atoms with E-state index < -0.39 is 6.17 Å². The first-order chi connectivity index (χ1) is 14.9. The lowest BCUT2D eigenvalue weighted by Crippen LogP contribution is -2.45. The number of imidazole rings is 1. The summed E-state index contributed by atoms with van der Waals surface area (Å²) in [5.74, 6) is 1.09. The molecule has 3 heterocycles. The second-order valence-electron chi connectivity index (χ2n) is 9.75. The van der Waals surface area contributed by atoms with Crippen molar-refractivity contribution in [3.05, 3.63) is 53.1 Å². The van der Waals surface area contributed by atoms with E-state index in [9.17, 15) is 5.11 Å². The van der Waals surface area contributed by atoms with Crippen LogP contribution < -0.4 is 16.2 Å². The summed E-state index contributed by atoms with van der Waals surface area (Å²) < 4.78 is 15.7. The zero-order chi connectivity index (χ0) is 21.8. The van der Waals surface area contributed by atoms with E-state index in [1.807, 2.05) is 19.2 Å². The number of aromatic nitrogens is 2. The topological polar surface area (TPSA) is 85.0 Å². The molecule has 1 saturated heterocycles. The lowest BCUT2D eigenvalue weighted by atomic mass is 9.71. The molecule has 1 aromatic heterocycles. The number of hydrazine groups is 1. The molecule has 5 atom stereocenters. The number of phenols is 1. The second kappa shape index (κ2) is 7.73. The van der Waals surface area contributed by atoms with Gasteiger partial charge in [0, 0.05) is 23.9 Å². The smallest absolute Gasteiger partial charge is 0.125 e. The summed E-state index contributed by atoms with van der Waals surface area (Å²) in [7, 11) is 0. The number of aryl methyl sites for hydroxylation is 1. The maximum atomic E-state index is 15.7. The number of nitrogens with zero attached hydrogens (tertiary/aromatic N) is 1. The number of halogens is 1. The molecule has 1 aliphatic carbocycles. The van der Waals surface area contributed by atoms with Gasteiger partial charge >= 0.3 is 0 Å². The van der Waals surface area contributed by atoms with E-state index in [1.165, 1.54) is 5.57 Å². The maximum absolute atomic E-state index is 15.7. The minimum Gasteiger partial charge on any atom is -0.508 e. The van der Waals surface area contributed by atoms with Crippen molar-refractivity contribution in [2.75, 3.05) is 6.54 Å². The van der Waals surface area contributed by atoms with Crippen LogP contribution in [0.2, 0.25) is 0 Å². The third-order valence-corrected chi connectivity index (χ3v) is 7.25. The number of aromatic hydroxyl groups is 1. The maximum Gasteiger partial charge on any atom is 0.125 e. The molecule has 1 saturated carbocycles. The Hall–Kier alpha value is -2.22. The van der Waals surface area contributed by atoms with Crippen molar-refractivity contribution in [2.24, 2.45) is 5.92 Å². The second-order valence-corrected chi connectivity index (χ2v) is 9.75. The SMILES string of the molecule is CCc1cc(O)ccc1C1CCC2C(c3ncc(C4=CC(C)(C)NC4)[nH]3)NNC2C1F. The zero-order valence-corrected chi connectivity index (χ0v) is 18.4. The number of fused-ring (bicyclic) bond motifs is 1. The van der Waals surface area contributed by atoms with Gasteiger partial charge in [-0.1, -0.05) is 19.1 Å². The molecule has 0 spiro atoms. The number of phenolic OH excluding ortho intramolecular Hbond substituents is 1. The molecule has 1 aromatic carbocycles. The molecular weight excluding hydrogens is 393 g/mol. The largest absolute Gasteiger partial charge is 0.508 e. The summed E-state index contributed by atoms with van der Waals surface area (Å²) in [6.07, 6.45) is 5.62. The van der Waals surface area contributed by atoms with Crippen LogP contribution in [0.25, 0.3) is 5.57 Å². The predicted molar refractivity (Wildman–Crippen MR) is 119 cm³/mol. The van der Waals surface area contributed by atoms with Crippen molar-refractivity contribution in [2.45, 2.75) is 69.7 Å². The van der Waals surface area contributed by atoms with Gasteiger partial charge in [-0.05, 0) is 61.9 Å². The molecular formula is C24H32FN5O. The number of benzene rings is 1. The normalized spacial score (nSPS) is 32.1. The molecule has 166 valence electrons. The highest BCUT2D eigenvalue weighted by Gasteiger charge is 2.48. The van der Waals surface area contributed by atoms with Crippen LogP contribution in [0, 0.1) is 5.92 Å². The molecule has 0 bridgehead atoms. The van der Waals surface area contributed by atoms with Gasteiger partial charge in [0.05, 0.1) is 24.0 Å². The van der Waals surface area contributed by atoms with Gasteiger partial charge in [-0.2, -0.15) is 0 Å². The molecule has 5 unspecified atom stereocenters. The Morgan fingerprint density at radius 3 is 2.81 bits per heavy atom. The van der Waals surface area contributed by atoms with Gasteiger partial charge in [-0.25, -0.2) is 14.8 Å². The number of hydrogen-bond donors (Lipinski definition) is 5. The van der Waals surface area contributed by atoms with Crippen molar-refractivity contribution in [1.82, 2.24) is 26.1 Å². The van der Waals surface area contributed by atoms with E-state index in [0.717, 1.165) is 48.5 Å². The highest BCUT2D eigenvalue weighted by atomic mass is 19.1. The van der Waals surface area contributed by atoms with Crippen LogP contribution in [0.3, 0.4) is 0 Å². The fraction of sp³-hybridized carbons (Fsp3) is 0.542. The number of H-pyrrole nitrogens is 1. The standard InChI is InChI=1S/C24H32FN5O/c1-4-13-9-15(31)5-6-16(13)17-7-8-18-21(20(17)25)29-30-22(18)23-26-12-19(28-23)14-10-24(2,3)27-11-14/h5-6,9-10,12,17-18,20-22,27,29-31H,4,7-8,11H2,1-3H3,(H,26,28). The number of rotatable bonds is 4. The molecule has 5 N–H and O–H groups in total. The predicted octanol–water partition coefficient (Wildman–Crippen LogP) is 3.49. The van der Waals surface area contributed by atoms with Gasteiger partial charge in [0.2, 0.25) is 0 Å². The highest BCUT2D eigenvalue weighted by Crippen LogP contribution is 2.45. The van der Waals surface area contributed by atoms with Crippen molar-refractivity contribution in [1.29, 1.82) is 0 Å². The lowest BCUT2D eigenvalue weighted by Gasteiger charge is -2.36. The molecule has 0 radical (unpaired) electrons. The Morgan fingerprint density at radius 2 is 2.06 bits per heavy atom. The van der Waals surface area contributed by atoms with E-state index in [4.69, 9.17) is 0 Å². The van der Waals surface area contributed by atoms with Crippen LogP contribution in [0.4, 0.5) is 4.39 Å². The van der Waals surface area contributed by atoms with Crippen LogP contribution in [0.5, 0.6) is 5.75 Å². The van der Waals surface area contributed by atoms with Gasteiger partial charge in [0.1, 0.15) is 17.7 Å². The van der Waals surface area contributed by atoms with Crippen molar-refractivity contribution in [3.63, 3.8) is 0 Å². The average Bonchev–Trinajstić information content (AvgIpc) is 3.46. The minimum absolute atomic E-state index is 0.00965. The Morgan fingerprint density at radius 1 is 1.23 bits per heavy atom. The van der Waals surface area contributed by atoms with Gasteiger partial charge in [0.15, 0.2) is 0 Å². The van der Waals surface area contributed by atoms with Gasteiger partial charge < -0.3 is 15.4 Å². The third-order valence-electron chi connectivity index (χ3n) is 7.25. The van der Waals surface area contributed by atoms with Crippen LogP contribution in [-0.4, -0.2) is 39.4 Å². The molecule has 7 heteroatoms. The fourth-order valence-electron chi connectivity index (χ4n) is 5.60. The number of hydrogen-bond acceptors (Lipinski definition) is 5. The zero-order valence-electron chi connectivity index (χ0n) is 18.4. The van der Waals surface area contributed by atoms with E-state index >= 15 is 4.39 Å². The minimum atomic E-state index is -0.997. The van der Waals surface area contributed by atoms with Crippen LogP contribution in [0.1, 0.15) is 68.2 Å². The Labute approximate surface area is 182 Å². The van der Waals surface area contributed by atoms with Crippen molar-refractivity contribution >= 4 is 5.57 Å². The summed E-state index contributed by atoms with van der Waals surface area (Å²) >= 11 is 0. The summed E-state index contributed by atoms with van der Waals surface area (Å²) in [6, 6.07) is 5.05. The Bertz CT molecular complexity index is 1000. The molecule has 5 rings (SSSR count). The van der Waals surface area contributed by atoms with Crippen LogP contribution in [0.15, 0.2) is 30.5 Å². The van der Waals surface area contributed by atoms with Crippen LogP contribution >= 0.6 is 0 Å². The fourth-order valence-corrected chi connectivity index (χ4v) is 5.60. The molecule has 2 aliphatic heterocycles. The molecule has 0 amide bonds. The monoisotopic (exact) mass is 425 g/mol. The average molecular weight is 426 g/mol. The van der Waals surface area contributed by atoms with Crippen molar-refractivity contribution < 1.29 is 9.50 Å². The Balaban J connectivity index is 1.34. The number of alkyl halides is 1. The van der Waals surface area contributed by atoms with E-state index in [0.29, 0.717) is 0 Å². The van der Waals surface area contributed by atoms with E-state index in [-0.39, 0.29) is 35.2 Å². The Kier molecular flexibility index (Phi) is 5.15. The third kappa shape index (κ3) is 3.69. The molecule has 2 aromatic rings. The first-order valence-electron chi connectivity index (χ1n) is 11.3. The lowest BCUT2D eigenvalue weighted by molar-refractivity contribution is 0.135. The summed E-state index contributed by atoms with van der Waals surface area (Å²) in [5.41, 5.74) is 10.9. The van der Waals surface area contributed by atoms with Gasteiger partial charge in [0.25, 0.3) is 0 Å². The van der Waals surface area contributed by atoms with Crippen molar-refractivity contribution in [3.8, 4) is 5.75 Å². The first kappa shape index (κ1) is 20.7. The van der Waals surface area contributed by atoms with Gasteiger partial charge in [-0.3, -0.25) is 5.43 Å². The van der Waals surface area contributed by atoms with E-state index in [1.54, 1.807) is 12.1 Å². The molecule has 6 nitrogen and oxygen atoms in total. The first-order valence-corrected chi connectivity index (χ1v) is 11.3. The summed E-state index contributed by atoms with van der Waals surface area (Å²) in [5, 5.41) is 13.3.